The second-order valence-electron chi connectivity index (χ2n) is 8.43. The Hall–Kier alpha value is -2.93. The second kappa shape index (κ2) is 11.0. The van der Waals surface area contributed by atoms with Crippen LogP contribution in [0.15, 0.2) is 60.7 Å². The highest BCUT2D eigenvalue weighted by Gasteiger charge is 2.22. The molecule has 1 aliphatic rings. The molecule has 2 atom stereocenters. The van der Waals surface area contributed by atoms with E-state index in [2.05, 4.69) is 11.8 Å². The van der Waals surface area contributed by atoms with Crippen molar-refractivity contribution in [3.8, 4) is 23.0 Å². The Balaban J connectivity index is 1.55. The van der Waals surface area contributed by atoms with Crippen molar-refractivity contribution in [2.75, 3.05) is 27.6 Å². The average Bonchev–Trinajstić information content (AvgIpc) is 3.31. The molecule has 0 aromatic heterocycles. The number of aliphatic hydroxyl groups is 1. The topological polar surface area (TPSA) is 60.4 Å². The molecule has 6 nitrogen and oxygen atoms in total. The lowest BCUT2D eigenvalue weighted by Crippen LogP contribution is -2.37. The molecule has 1 heterocycles. The van der Waals surface area contributed by atoms with E-state index >= 15 is 0 Å². The van der Waals surface area contributed by atoms with Crippen LogP contribution in [0, 0.1) is 0 Å². The predicted molar refractivity (Wildman–Crippen MR) is 132 cm³/mol. The Labute approximate surface area is 205 Å². The molecule has 0 fully saturated rings. The number of hydrogen-bond acceptors (Lipinski definition) is 6. The molecule has 180 valence electrons. The van der Waals surface area contributed by atoms with Crippen LogP contribution in [-0.4, -0.2) is 43.6 Å². The van der Waals surface area contributed by atoms with E-state index in [1.165, 1.54) is 0 Å². The van der Waals surface area contributed by atoms with Crippen molar-refractivity contribution >= 4 is 11.6 Å². The first-order valence-corrected chi connectivity index (χ1v) is 11.6. The van der Waals surface area contributed by atoms with Gasteiger partial charge in [0.25, 0.3) is 0 Å². The minimum atomic E-state index is -0.680. The SMILES string of the molecule is COc1ccc(CC(C)N(Cc2ccc3c(c2)OCO3)C[C@H](O)c2cccc(Cl)c2)cc1OC. The summed E-state index contributed by atoms with van der Waals surface area (Å²) in [5, 5.41) is 11.6. The summed E-state index contributed by atoms with van der Waals surface area (Å²) in [6.45, 7) is 3.49. The Bertz CT molecular complexity index is 1120. The van der Waals surface area contributed by atoms with Gasteiger partial charge in [-0.3, -0.25) is 4.90 Å². The molecule has 0 saturated carbocycles. The van der Waals surface area contributed by atoms with Crippen molar-refractivity contribution in [1.82, 2.24) is 4.90 Å². The Kier molecular flexibility index (Phi) is 7.83. The molecule has 3 aromatic rings. The van der Waals surface area contributed by atoms with E-state index in [0.29, 0.717) is 29.6 Å². The Morgan fingerprint density at radius 3 is 2.47 bits per heavy atom. The number of aliphatic hydroxyl groups excluding tert-OH is 1. The van der Waals surface area contributed by atoms with Gasteiger partial charge in [0.1, 0.15) is 0 Å². The van der Waals surface area contributed by atoms with Gasteiger partial charge in [0.05, 0.1) is 20.3 Å². The zero-order chi connectivity index (χ0) is 24.1. The first-order valence-electron chi connectivity index (χ1n) is 11.2. The zero-order valence-electron chi connectivity index (χ0n) is 19.7. The van der Waals surface area contributed by atoms with Crippen LogP contribution in [0.5, 0.6) is 23.0 Å². The van der Waals surface area contributed by atoms with Crippen molar-refractivity contribution in [3.63, 3.8) is 0 Å². The molecule has 1 aliphatic heterocycles. The summed E-state index contributed by atoms with van der Waals surface area (Å²) in [6.07, 6.45) is 0.0910. The van der Waals surface area contributed by atoms with Crippen LogP contribution in [0.25, 0.3) is 0 Å². The highest BCUT2D eigenvalue weighted by molar-refractivity contribution is 6.30. The molecular weight excluding hydrogens is 454 g/mol. The number of ether oxygens (including phenoxy) is 4. The molecule has 0 radical (unpaired) electrons. The number of methoxy groups -OCH3 is 2. The number of benzene rings is 3. The minimum Gasteiger partial charge on any atom is -0.493 e. The van der Waals surface area contributed by atoms with Gasteiger partial charge in [-0.05, 0) is 66.4 Å². The lowest BCUT2D eigenvalue weighted by Gasteiger charge is -2.31. The largest absolute Gasteiger partial charge is 0.493 e. The van der Waals surface area contributed by atoms with Crippen LogP contribution in [0.3, 0.4) is 0 Å². The van der Waals surface area contributed by atoms with E-state index < -0.39 is 6.10 Å². The molecular formula is C27H30ClNO5. The van der Waals surface area contributed by atoms with Crippen molar-refractivity contribution in [1.29, 1.82) is 0 Å². The van der Waals surface area contributed by atoms with Crippen molar-refractivity contribution < 1.29 is 24.1 Å². The first kappa shape index (κ1) is 24.2. The van der Waals surface area contributed by atoms with Crippen LogP contribution in [-0.2, 0) is 13.0 Å². The molecule has 4 rings (SSSR count). The predicted octanol–water partition coefficient (Wildman–Crippen LogP) is 5.25. The quantitative estimate of drug-likeness (QED) is 0.425. The van der Waals surface area contributed by atoms with Gasteiger partial charge in [-0.2, -0.15) is 0 Å². The molecule has 0 bridgehead atoms. The number of nitrogens with zero attached hydrogens (tertiary/aromatic N) is 1. The highest BCUT2D eigenvalue weighted by Crippen LogP contribution is 2.34. The van der Waals surface area contributed by atoms with E-state index in [9.17, 15) is 5.11 Å². The summed E-state index contributed by atoms with van der Waals surface area (Å²) in [7, 11) is 3.27. The smallest absolute Gasteiger partial charge is 0.231 e. The van der Waals surface area contributed by atoms with Gasteiger partial charge < -0.3 is 24.1 Å². The zero-order valence-corrected chi connectivity index (χ0v) is 20.4. The summed E-state index contributed by atoms with van der Waals surface area (Å²) in [4.78, 5) is 2.26. The highest BCUT2D eigenvalue weighted by atomic mass is 35.5. The van der Waals surface area contributed by atoms with E-state index in [0.717, 1.165) is 34.6 Å². The van der Waals surface area contributed by atoms with Gasteiger partial charge in [-0.25, -0.2) is 0 Å². The van der Waals surface area contributed by atoms with Crippen LogP contribution < -0.4 is 18.9 Å². The van der Waals surface area contributed by atoms with E-state index in [1.54, 1.807) is 14.2 Å². The maximum Gasteiger partial charge on any atom is 0.231 e. The Morgan fingerprint density at radius 1 is 0.941 bits per heavy atom. The third-order valence-electron chi connectivity index (χ3n) is 6.07. The third-order valence-corrected chi connectivity index (χ3v) is 6.30. The molecule has 0 saturated heterocycles. The van der Waals surface area contributed by atoms with E-state index in [-0.39, 0.29) is 12.8 Å². The average molecular weight is 484 g/mol. The lowest BCUT2D eigenvalue weighted by molar-refractivity contribution is 0.0858. The van der Waals surface area contributed by atoms with E-state index in [4.69, 9.17) is 30.5 Å². The monoisotopic (exact) mass is 483 g/mol. The van der Waals surface area contributed by atoms with Gasteiger partial charge in [0.15, 0.2) is 23.0 Å². The van der Waals surface area contributed by atoms with E-state index in [1.807, 2.05) is 60.7 Å². The summed E-state index contributed by atoms with van der Waals surface area (Å²) >= 11 is 6.16. The van der Waals surface area contributed by atoms with Crippen LogP contribution in [0.4, 0.5) is 0 Å². The fraction of sp³-hybridized carbons (Fsp3) is 0.333. The minimum absolute atomic E-state index is 0.123. The maximum atomic E-state index is 11.0. The molecule has 7 heteroatoms. The maximum absolute atomic E-state index is 11.0. The number of hydrogen-bond donors (Lipinski definition) is 1. The number of rotatable bonds is 10. The van der Waals surface area contributed by atoms with Gasteiger partial charge in [-0.15, -0.1) is 0 Å². The normalized spacial score (nSPS) is 14.2. The summed E-state index contributed by atoms with van der Waals surface area (Å²) < 4.78 is 21.8. The van der Waals surface area contributed by atoms with Crippen LogP contribution in [0.2, 0.25) is 5.02 Å². The second-order valence-corrected chi connectivity index (χ2v) is 8.87. The summed E-state index contributed by atoms with van der Waals surface area (Å²) in [5.74, 6) is 2.91. The van der Waals surface area contributed by atoms with Crippen molar-refractivity contribution in [3.05, 3.63) is 82.4 Å². The van der Waals surface area contributed by atoms with Crippen LogP contribution >= 0.6 is 11.6 Å². The van der Waals surface area contributed by atoms with Crippen molar-refractivity contribution in [2.45, 2.75) is 32.0 Å². The van der Waals surface area contributed by atoms with Gasteiger partial charge >= 0.3 is 0 Å². The van der Waals surface area contributed by atoms with Gasteiger partial charge in [0, 0.05) is 24.2 Å². The summed E-state index contributed by atoms with van der Waals surface area (Å²) in [5.41, 5.74) is 3.00. The van der Waals surface area contributed by atoms with Gasteiger partial charge in [0.2, 0.25) is 6.79 Å². The van der Waals surface area contributed by atoms with Gasteiger partial charge in [-0.1, -0.05) is 35.9 Å². The third kappa shape index (κ3) is 5.76. The summed E-state index contributed by atoms with van der Waals surface area (Å²) in [6, 6.07) is 19.4. The van der Waals surface area contributed by atoms with Crippen LogP contribution in [0.1, 0.15) is 29.7 Å². The molecule has 0 aliphatic carbocycles. The first-order chi connectivity index (χ1) is 16.5. The molecule has 3 aromatic carbocycles. The Morgan fingerprint density at radius 2 is 1.71 bits per heavy atom. The molecule has 0 spiro atoms. The molecule has 0 amide bonds. The molecule has 1 unspecified atom stereocenters. The number of fused-ring (bicyclic) bond motifs is 1. The standard InChI is InChI=1S/C27H30ClNO5/c1-18(11-19-7-9-24(31-2)26(12-19)32-3)29(16-23(30)21-5-4-6-22(28)14-21)15-20-8-10-25-27(13-20)34-17-33-25/h4-10,12-14,18,23,30H,11,15-17H2,1-3H3/t18?,23-/m0/s1. The lowest BCUT2D eigenvalue weighted by atomic mass is 10.0. The molecule has 1 N–H and O–H groups in total. The van der Waals surface area contributed by atoms with Crippen molar-refractivity contribution in [2.24, 2.45) is 0 Å². The number of halogens is 1. The fourth-order valence-corrected chi connectivity index (χ4v) is 4.39. The fourth-order valence-electron chi connectivity index (χ4n) is 4.19. The molecule has 34 heavy (non-hydrogen) atoms.